The zero-order valence-corrected chi connectivity index (χ0v) is 6.02. The molecule has 0 saturated heterocycles. The first-order valence-electron chi connectivity index (χ1n) is 2.22. The molecule has 2 nitrogen and oxygen atoms in total. The summed E-state index contributed by atoms with van der Waals surface area (Å²) in [6.07, 6.45) is 9.75. The average Bonchev–Trinajstić information content (AvgIpc) is 2.17. The van der Waals surface area contributed by atoms with Gasteiger partial charge in [-0.3, -0.25) is 0 Å². The Morgan fingerprint density at radius 3 is 1.56 bits per heavy atom. The molecule has 0 heterocycles. The van der Waals surface area contributed by atoms with E-state index in [9.17, 15) is 0 Å². The van der Waals surface area contributed by atoms with Crippen LogP contribution >= 0.6 is 0 Å². The minimum absolute atomic E-state index is 0. The number of hydrogen-bond acceptors (Lipinski definition) is 2. The van der Waals surface area contributed by atoms with Crippen LogP contribution in [0.4, 0.5) is 0 Å². The second-order valence-corrected chi connectivity index (χ2v) is 1.18. The van der Waals surface area contributed by atoms with Gasteiger partial charge in [-0.2, -0.15) is 9.59 Å². The van der Waals surface area contributed by atoms with Crippen LogP contribution in [0.3, 0.4) is 0 Å². The number of carbonyl (C=O) groups excluding carboxylic acids is 2. The largest absolute Gasteiger partial charge is 0.373 e. The first kappa shape index (κ1) is 11.2. The van der Waals surface area contributed by atoms with Crippen LogP contribution in [0.25, 0.3) is 0 Å². The van der Waals surface area contributed by atoms with E-state index in [0.29, 0.717) is 0 Å². The molecule has 0 N–H and O–H groups in total. The van der Waals surface area contributed by atoms with Crippen molar-refractivity contribution in [1.29, 1.82) is 0 Å². The van der Waals surface area contributed by atoms with E-state index < -0.39 is 0 Å². The molecule has 1 aliphatic rings. The molecular weight excluding hydrogens is 156 g/mol. The van der Waals surface area contributed by atoms with E-state index in [0.717, 1.165) is 6.42 Å². The molecule has 0 aromatic rings. The van der Waals surface area contributed by atoms with E-state index in [4.69, 9.17) is 9.59 Å². The molecule has 1 aliphatic carbocycles. The third-order valence-corrected chi connectivity index (χ3v) is 0.655. The van der Waals surface area contributed by atoms with Crippen molar-refractivity contribution in [3.63, 3.8) is 0 Å². The molecule has 48 valence electrons. The molecular formula is C6H6CrO2. The second kappa shape index (κ2) is 10.4. The van der Waals surface area contributed by atoms with Gasteiger partial charge in [-0.25, -0.2) is 0 Å². The third kappa shape index (κ3) is 11.1. The average molecular weight is 162 g/mol. The molecule has 0 saturated carbocycles. The van der Waals surface area contributed by atoms with Crippen molar-refractivity contribution in [2.45, 2.75) is 6.42 Å². The van der Waals surface area contributed by atoms with Crippen molar-refractivity contribution < 1.29 is 27.0 Å². The molecule has 0 amide bonds. The van der Waals surface area contributed by atoms with Gasteiger partial charge in [-0.1, -0.05) is 24.3 Å². The standard InChI is InChI=1S/C5H6.CO2.Cr/c1-2-4-5-3-1;2-1-3;/h1-4H,5H2;;. The van der Waals surface area contributed by atoms with Crippen molar-refractivity contribution in [1.82, 2.24) is 0 Å². The minimum Gasteiger partial charge on any atom is -0.186 e. The molecule has 0 aliphatic heterocycles. The maximum absolute atomic E-state index is 8.12. The maximum atomic E-state index is 8.12. The summed E-state index contributed by atoms with van der Waals surface area (Å²) in [5.74, 6) is 0. The minimum atomic E-state index is 0. The Balaban J connectivity index is 0. The first-order valence-corrected chi connectivity index (χ1v) is 2.22. The molecule has 3 heteroatoms. The van der Waals surface area contributed by atoms with E-state index in [-0.39, 0.29) is 23.5 Å². The molecule has 9 heavy (non-hydrogen) atoms. The summed E-state index contributed by atoms with van der Waals surface area (Å²) in [7, 11) is 0. The van der Waals surface area contributed by atoms with Gasteiger partial charge in [0.15, 0.2) is 0 Å². The monoisotopic (exact) mass is 162 g/mol. The van der Waals surface area contributed by atoms with Crippen molar-refractivity contribution in [2.24, 2.45) is 0 Å². The summed E-state index contributed by atoms with van der Waals surface area (Å²) in [6.45, 7) is 0. The maximum Gasteiger partial charge on any atom is 0.373 e. The van der Waals surface area contributed by atoms with Crippen LogP contribution in [0.5, 0.6) is 0 Å². The van der Waals surface area contributed by atoms with Crippen molar-refractivity contribution in [3.8, 4) is 0 Å². The molecule has 0 fully saturated rings. The Hall–Kier alpha value is -0.608. The van der Waals surface area contributed by atoms with Gasteiger partial charge in [0.05, 0.1) is 0 Å². The van der Waals surface area contributed by atoms with Crippen molar-refractivity contribution in [2.75, 3.05) is 0 Å². The summed E-state index contributed by atoms with van der Waals surface area (Å²) < 4.78 is 0. The van der Waals surface area contributed by atoms with Crippen LogP contribution in [0.1, 0.15) is 6.42 Å². The van der Waals surface area contributed by atoms with Crippen LogP contribution in [-0.4, -0.2) is 6.15 Å². The van der Waals surface area contributed by atoms with E-state index in [1.165, 1.54) is 0 Å². The van der Waals surface area contributed by atoms with Gasteiger partial charge in [0.25, 0.3) is 0 Å². The van der Waals surface area contributed by atoms with E-state index in [1.807, 2.05) is 0 Å². The fourth-order valence-corrected chi connectivity index (χ4v) is 0.393. The van der Waals surface area contributed by atoms with Crippen molar-refractivity contribution in [3.05, 3.63) is 24.3 Å². The Morgan fingerprint density at radius 2 is 1.44 bits per heavy atom. The second-order valence-electron chi connectivity index (χ2n) is 1.18. The van der Waals surface area contributed by atoms with Crippen LogP contribution in [0, 0.1) is 0 Å². The number of hydrogen-bond donors (Lipinski definition) is 0. The topological polar surface area (TPSA) is 34.1 Å². The predicted octanol–water partition coefficient (Wildman–Crippen LogP) is 0.916. The van der Waals surface area contributed by atoms with E-state index in [1.54, 1.807) is 0 Å². The molecule has 0 bridgehead atoms. The van der Waals surface area contributed by atoms with Gasteiger partial charge < -0.3 is 0 Å². The zero-order chi connectivity index (χ0) is 6.24. The van der Waals surface area contributed by atoms with Gasteiger partial charge in [-0.05, 0) is 6.42 Å². The number of rotatable bonds is 0. The zero-order valence-electron chi connectivity index (χ0n) is 4.74. The Kier molecular flexibility index (Phi) is 13.0. The molecule has 0 aromatic carbocycles. The summed E-state index contributed by atoms with van der Waals surface area (Å²) >= 11 is 0. The first-order chi connectivity index (χ1) is 3.91. The smallest absolute Gasteiger partial charge is 0.186 e. The Labute approximate surface area is 64.4 Å². The normalized spacial score (nSPS) is 10.7. The van der Waals surface area contributed by atoms with Crippen LogP contribution in [0.2, 0.25) is 0 Å². The third-order valence-electron chi connectivity index (χ3n) is 0.655. The van der Waals surface area contributed by atoms with Gasteiger partial charge in [-0.15, -0.1) is 0 Å². The van der Waals surface area contributed by atoms with Crippen LogP contribution in [-0.2, 0) is 27.0 Å². The van der Waals surface area contributed by atoms with E-state index in [2.05, 4.69) is 24.3 Å². The Bertz CT molecular complexity index is 122. The van der Waals surface area contributed by atoms with E-state index >= 15 is 0 Å². The SMILES string of the molecule is C1=CCC=C1.O=C=O.[Cr]. The van der Waals surface area contributed by atoms with Gasteiger partial charge in [0, 0.05) is 17.4 Å². The van der Waals surface area contributed by atoms with Gasteiger partial charge in [0.2, 0.25) is 0 Å². The van der Waals surface area contributed by atoms with Crippen molar-refractivity contribution >= 4 is 6.15 Å². The molecule has 0 unspecified atom stereocenters. The molecule has 0 atom stereocenters. The van der Waals surface area contributed by atoms with Gasteiger partial charge >= 0.3 is 6.15 Å². The summed E-state index contributed by atoms with van der Waals surface area (Å²) in [4.78, 5) is 16.2. The Morgan fingerprint density at radius 1 is 1.11 bits per heavy atom. The molecule has 0 aromatic heterocycles. The fraction of sp³-hybridized carbons (Fsp3) is 0.167. The summed E-state index contributed by atoms with van der Waals surface area (Å²) in [6, 6.07) is 0. The summed E-state index contributed by atoms with van der Waals surface area (Å²) in [5, 5.41) is 0. The molecule has 0 radical (unpaired) electrons. The molecule has 1 rings (SSSR count). The predicted molar refractivity (Wildman–Crippen MR) is 27.9 cm³/mol. The van der Waals surface area contributed by atoms with Crippen LogP contribution in [0.15, 0.2) is 24.3 Å². The molecule has 0 spiro atoms. The summed E-state index contributed by atoms with van der Waals surface area (Å²) in [5.41, 5.74) is 0. The fourth-order valence-electron chi connectivity index (χ4n) is 0.393. The quantitative estimate of drug-likeness (QED) is 0.530. The van der Waals surface area contributed by atoms with Gasteiger partial charge in [0.1, 0.15) is 0 Å². The van der Waals surface area contributed by atoms with Crippen LogP contribution < -0.4 is 0 Å². The number of allylic oxidation sites excluding steroid dienone is 4.